The molecule has 2 aliphatic carbocycles. The summed E-state index contributed by atoms with van der Waals surface area (Å²) in [6, 6.07) is 68.1. The highest BCUT2D eigenvalue weighted by atomic mass is 32.1. The summed E-state index contributed by atoms with van der Waals surface area (Å²) < 4.78 is 2.67. The maximum atomic E-state index is 2.68. The van der Waals surface area contributed by atoms with Crippen molar-refractivity contribution in [3.05, 3.63) is 204 Å². The second kappa shape index (κ2) is 13.4. The minimum Gasteiger partial charge on any atom is -0.311 e. The van der Waals surface area contributed by atoms with Crippen LogP contribution in [0.1, 0.15) is 76.3 Å². The number of rotatable bonds is 3. The fourth-order valence-electron chi connectivity index (χ4n) is 12.8. The number of benzene rings is 9. The van der Waals surface area contributed by atoms with Gasteiger partial charge in [-0.3, -0.25) is 0 Å². The Hall–Kier alpha value is -6.94. The van der Waals surface area contributed by atoms with Crippen LogP contribution in [-0.4, -0.2) is 6.71 Å². The number of fused-ring (bicyclic) bond motifs is 14. The molecule has 1 aromatic heterocycles. The summed E-state index contributed by atoms with van der Waals surface area (Å²) in [5.41, 5.74) is 27.8. The zero-order chi connectivity index (χ0) is 45.3. The van der Waals surface area contributed by atoms with Gasteiger partial charge in [0.05, 0.1) is 5.69 Å². The molecule has 0 saturated carbocycles. The second-order valence-corrected chi connectivity index (χ2v) is 22.7. The molecule has 3 heteroatoms. The predicted molar refractivity (Wildman–Crippen MR) is 289 cm³/mol. The number of anilines is 3. The van der Waals surface area contributed by atoms with E-state index in [2.05, 4.69) is 229 Å². The first-order valence-electron chi connectivity index (χ1n) is 24.0. The number of nitrogens with zero attached hydrogens (tertiary/aromatic N) is 1. The van der Waals surface area contributed by atoms with E-state index >= 15 is 0 Å². The van der Waals surface area contributed by atoms with Crippen LogP contribution in [-0.2, 0) is 16.2 Å². The molecule has 14 rings (SSSR count). The molecule has 0 spiro atoms. The molecule has 0 radical (unpaired) electrons. The lowest BCUT2D eigenvalue weighted by molar-refractivity contribution is 0.590. The Bertz CT molecular complexity index is 3800. The van der Waals surface area contributed by atoms with Gasteiger partial charge in [-0.15, -0.1) is 11.3 Å². The van der Waals surface area contributed by atoms with Gasteiger partial charge in [0.25, 0.3) is 0 Å². The summed E-state index contributed by atoms with van der Waals surface area (Å²) >= 11 is 1.92. The average molecular weight is 876 g/mol. The van der Waals surface area contributed by atoms with Crippen molar-refractivity contribution < 1.29 is 0 Å². The first-order chi connectivity index (χ1) is 32.4. The van der Waals surface area contributed by atoms with Gasteiger partial charge < -0.3 is 4.90 Å². The smallest absolute Gasteiger partial charge is 0.248 e. The lowest BCUT2D eigenvalue weighted by atomic mass is 9.36. The van der Waals surface area contributed by atoms with Crippen LogP contribution in [0.5, 0.6) is 0 Å². The van der Waals surface area contributed by atoms with E-state index in [1.807, 2.05) is 11.3 Å². The van der Waals surface area contributed by atoms with E-state index in [4.69, 9.17) is 0 Å². The van der Waals surface area contributed by atoms with E-state index < -0.39 is 0 Å². The van der Waals surface area contributed by atoms with Crippen LogP contribution in [0.15, 0.2) is 176 Å². The van der Waals surface area contributed by atoms with Gasteiger partial charge in [0.15, 0.2) is 0 Å². The van der Waals surface area contributed by atoms with Gasteiger partial charge in [-0.25, -0.2) is 0 Å². The summed E-state index contributed by atoms with van der Waals surface area (Å²) in [5, 5.41) is 2.65. The minimum atomic E-state index is -0.145. The molecule has 0 amide bonds. The third-order valence-corrected chi connectivity index (χ3v) is 17.4. The molecule has 2 aliphatic heterocycles. The molecule has 9 aromatic carbocycles. The Morgan fingerprint density at radius 3 is 1.78 bits per heavy atom. The maximum absolute atomic E-state index is 2.68. The standard InChI is InChI=1S/C64H50BNS/c1-62(2,3)39-28-29-56(45(32-39)37-18-9-8-10-19-37)66-57-34-47-42-21-12-15-26-51(42)64(6,7)53(47)36-55(57)65-54-35-52-46(41-20-11-14-25-50(41)63(52,4)5)33-48(54)49-30-38(31-58(66)60(49)65)40-23-17-24-44-43-22-13-16-27-59(43)67-61(40)44/h8-36H,1-7H3. The van der Waals surface area contributed by atoms with Crippen LogP contribution in [0.25, 0.3) is 75.8 Å². The highest BCUT2D eigenvalue weighted by Gasteiger charge is 2.48. The van der Waals surface area contributed by atoms with Crippen LogP contribution in [0, 0.1) is 0 Å². The molecule has 4 aliphatic rings. The Labute approximate surface area is 398 Å². The molecule has 320 valence electrons. The van der Waals surface area contributed by atoms with E-state index in [0.717, 1.165) is 0 Å². The fraction of sp³-hybridized carbons (Fsp3) is 0.156. The molecule has 0 fully saturated rings. The molecule has 1 nitrogen and oxygen atoms in total. The quantitative estimate of drug-likeness (QED) is 0.160. The minimum absolute atomic E-state index is 0.0262. The third-order valence-electron chi connectivity index (χ3n) is 16.2. The van der Waals surface area contributed by atoms with E-state index in [1.165, 1.54) is 137 Å². The number of hydrogen-bond acceptors (Lipinski definition) is 2. The van der Waals surface area contributed by atoms with Gasteiger partial charge in [-0.2, -0.15) is 0 Å². The topological polar surface area (TPSA) is 3.24 Å². The molecule has 0 atom stereocenters. The normalized spacial score (nSPS) is 15.3. The Morgan fingerprint density at radius 1 is 0.418 bits per heavy atom. The van der Waals surface area contributed by atoms with Gasteiger partial charge in [0.1, 0.15) is 0 Å². The van der Waals surface area contributed by atoms with Crippen LogP contribution in [0.4, 0.5) is 17.1 Å². The molecule has 3 heterocycles. The molecule has 0 saturated heterocycles. The highest BCUT2D eigenvalue weighted by molar-refractivity contribution is 7.26. The summed E-state index contributed by atoms with van der Waals surface area (Å²) in [7, 11) is 0. The highest BCUT2D eigenvalue weighted by Crippen LogP contribution is 2.55. The van der Waals surface area contributed by atoms with Crippen molar-refractivity contribution in [2.75, 3.05) is 4.90 Å². The maximum Gasteiger partial charge on any atom is 0.248 e. The van der Waals surface area contributed by atoms with Gasteiger partial charge >= 0.3 is 0 Å². The summed E-state index contributed by atoms with van der Waals surface area (Å²) in [4.78, 5) is 2.68. The van der Waals surface area contributed by atoms with E-state index in [-0.39, 0.29) is 23.0 Å². The Balaban J connectivity index is 1.13. The van der Waals surface area contributed by atoms with E-state index in [9.17, 15) is 0 Å². The molecular formula is C64H50BNS. The van der Waals surface area contributed by atoms with E-state index in [1.54, 1.807) is 0 Å². The van der Waals surface area contributed by atoms with E-state index in [0.29, 0.717) is 0 Å². The van der Waals surface area contributed by atoms with Crippen molar-refractivity contribution >= 4 is 71.7 Å². The van der Waals surface area contributed by atoms with Crippen molar-refractivity contribution in [2.24, 2.45) is 0 Å². The molecular weight excluding hydrogens is 826 g/mol. The van der Waals surface area contributed by atoms with Gasteiger partial charge in [0.2, 0.25) is 6.71 Å². The first-order valence-corrected chi connectivity index (χ1v) is 24.9. The zero-order valence-electron chi connectivity index (χ0n) is 39.2. The largest absolute Gasteiger partial charge is 0.311 e. The molecule has 0 bridgehead atoms. The third kappa shape index (κ3) is 5.27. The van der Waals surface area contributed by atoms with Crippen molar-refractivity contribution in [3.63, 3.8) is 0 Å². The van der Waals surface area contributed by atoms with Gasteiger partial charge in [-0.1, -0.05) is 187 Å². The predicted octanol–water partition coefficient (Wildman–Crippen LogP) is 15.6. The summed E-state index contributed by atoms with van der Waals surface area (Å²) in [6.45, 7) is 16.8. The molecule has 0 unspecified atom stereocenters. The second-order valence-electron chi connectivity index (χ2n) is 21.6. The van der Waals surface area contributed by atoms with Crippen molar-refractivity contribution in [1.82, 2.24) is 0 Å². The Kier molecular flexibility index (Phi) is 7.83. The SMILES string of the molecule is CC(C)(C)c1ccc(N2c3cc4c(cc3B3c5cc6c(cc5-c5cc(-c7cccc8c7sc7ccccc78)cc2c53)-c2ccccc2C6(C)C)C(C)(C)c2ccccc2-4)c(-c2ccccc2)c1. The zero-order valence-corrected chi connectivity index (χ0v) is 40.0. The van der Waals surface area contributed by atoms with Gasteiger partial charge in [-0.05, 0) is 137 Å². The van der Waals surface area contributed by atoms with Crippen LogP contribution in [0.3, 0.4) is 0 Å². The average Bonchev–Trinajstić information content (AvgIpc) is 4.01. The van der Waals surface area contributed by atoms with Crippen molar-refractivity contribution in [2.45, 2.75) is 64.7 Å². The Morgan fingerprint density at radius 2 is 1.04 bits per heavy atom. The molecule has 0 N–H and O–H groups in total. The van der Waals surface area contributed by atoms with Crippen LogP contribution < -0.4 is 21.3 Å². The van der Waals surface area contributed by atoms with Crippen molar-refractivity contribution in [1.29, 1.82) is 0 Å². The lowest BCUT2D eigenvalue weighted by Gasteiger charge is -2.39. The number of hydrogen-bond donors (Lipinski definition) is 0. The lowest BCUT2D eigenvalue weighted by Crippen LogP contribution is -2.55. The number of thiophene rings is 1. The van der Waals surface area contributed by atoms with Gasteiger partial charge in [0, 0.05) is 47.9 Å². The van der Waals surface area contributed by atoms with Crippen LogP contribution in [0.2, 0.25) is 0 Å². The first kappa shape index (κ1) is 39.3. The summed E-state index contributed by atoms with van der Waals surface area (Å²) in [6.07, 6.45) is 0. The monoisotopic (exact) mass is 875 g/mol. The fourth-order valence-corrected chi connectivity index (χ4v) is 14.0. The summed E-state index contributed by atoms with van der Waals surface area (Å²) in [5.74, 6) is 0. The van der Waals surface area contributed by atoms with Crippen molar-refractivity contribution in [3.8, 4) is 55.6 Å². The molecule has 67 heavy (non-hydrogen) atoms. The molecule has 10 aromatic rings. The van der Waals surface area contributed by atoms with Crippen LogP contribution >= 0.6 is 11.3 Å².